The van der Waals surface area contributed by atoms with E-state index in [4.69, 9.17) is 4.74 Å². The van der Waals surface area contributed by atoms with Crippen molar-refractivity contribution >= 4 is 0 Å². The molecule has 0 saturated carbocycles. The molecule has 0 saturated heterocycles. The summed E-state index contributed by atoms with van der Waals surface area (Å²) in [6, 6.07) is 8.38. The van der Waals surface area contributed by atoms with Crippen LogP contribution in [0.2, 0.25) is 0 Å². The summed E-state index contributed by atoms with van der Waals surface area (Å²) < 4.78 is 5.07. The Labute approximate surface area is 85.6 Å². The van der Waals surface area contributed by atoms with Crippen LogP contribution in [0.3, 0.4) is 0 Å². The molecule has 1 aromatic rings. The van der Waals surface area contributed by atoms with E-state index in [1.807, 2.05) is 6.08 Å². The van der Waals surface area contributed by atoms with Crippen LogP contribution in [0.5, 0.6) is 0 Å². The lowest BCUT2D eigenvalue weighted by Gasteiger charge is -2.04. The molecule has 0 spiro atoms. The van der Waals surface area contributed by atoms with Crippen LogP contribution in [0.4, 0.5) is 0 Å². The summed E-state index contributed by atoms with van der Waals surface area (Å²) in [7, 11) is 1.71. The first-order valence-electron chi connectivity index (χ1n) is 4.75. The molecule has 0 aliphatic heterocycles. The second-order valence-electron chi connectivity index (χ2n) is 3.17. The number of ether oxygens (including phenoxy) is 1. The highest BCUT2D eigenvalue weighted by molar-refractivity contribution is 5.22. The highest BCUT2D eigenvalue weighted by Crippen LogP contribution is 2.05. The summed E-state index contributed by atoms with van der Waals surface area (Å²) in [6.45, 7) is 6.05. The van der Waals surface area contributed by atoms with Gasteiger partial charge in [-0.1, -0.05) is 30.3 Å². The number of hydrogen-bond donors (Lipinski definition) is 1. The average molecular weight is 191 g/mol. The summed E-state index contributed by atoms with van der Waals surface area (Å²) in [5.74, 6) is 0. The maximum absolute atomic E-state index is 5.07. The molecule has 0 fully saturated rings. The Morgan fingerprint density at radius 3 is 2.93 bits per heavy atom. The molecule has 1 N–H and O–H groups in total. The molecule has 1 aromatic carbocycles. The zero-order chi connectivity index (χ0) is 10.2. The fraction of sp³-hybridized carbons (Fsp3) is 0.333. The van der Waals surface area contributed by atoms with Gasteiger partial charge in [-0.3, -0.25) is 0 Å². The zero-order valence-electron chi connectivity index (χ0n) is 8.62. The van der Waals surface area contributed by atoms with Crippen molar-refractivity contribution in [2.24, 2.45) is 0 Å². The summed E-state index contributed by atoms with van der Waals surface area (Å²) >= 11 is 0. The molecule has 0 bridgehead atoms. The molecule has 0 amide bonds. The van der Waals surface area contributed by atoms with Crippen LogP contribution in [0.25, 0.3) is 0 Å². The van der Waals surface area contributed by atoms with E-state index in [-0.39, 0.29) is 0 Å². The van der Waals surface area contributed by atoms with Gasteiger partial charge in [-0.05, 0) is 11.1 Å². The van der Waals surface area contributed by atoms with Gasteiger partial charge in [0.05, 0.1) is 6.61 Å². The molecule has 14 heavy (non-hydrogen) atoms. The zero-order valence-corrected chi connectivity index (χ0v) is 8.62. The van der Waals surface area contributed by atoms with Crippen molar-refractivity contribution in [3.8, 4) is 0 Å². The van der Waals surface area contributed by atoms with Crippen molar-refractivity contribution in [1.29, 1.82) is 0 Å². The van der Waals surface area contributed by atoms with Gasteiger partial charge in [0.1, 0.15) is 0 Å². The Morgan fingerprint density at radius 2 is 2.21 bits per heavy atom. The quantitative estimate of drug-likeness (QED) is 0.549. The van der Waals surface area contributed by atoms with Crippen LogP contribution in [-0.2, 0) is 17.9 Å². The van der Waals surface area contributed by atoms with E-state index in [1.165, 1.54) is 11.1 Å². The molecule has 0 aromatic heterocycles. The van der Waals surface area contributed by atoms with Crippen LogP contribution in [0, 0.1) is 0 Å². The SMILES string of the molecule is C=CCNCc1cccc(COC)c1. The van der Waals surface area contributed by atoms with Crippen molar-refractivity contribution in [1.82, 2.24) is 5.32 Å². The highest BCUT2D eigenvalue weighted by Gasteiger charge is 1.94. The maximum atomic E-state index is 5.07. The van der Waals surface area contributed by atoms with Gasteiger partial charge in [-0.25, -0.2) is 0 Å². The van der Waals surface area contributed by atoms with Crippen molar-refractivity contribution in [3.63, 3.8) is 0 Å². The Hall–Kier alpha value is -1.12. The standard InChI is InChI=1S/C12H17NO/c1-3-7-13-9-11-5-4-6-12(8-11)10-14-2/h3-6,8,13H,1,7,9-10H2,2H3. The molecule has 0 unspecified atom stereocenters. The van der Waals surface area contributed by atoms with Crippen molar-refractivity contribution < 1.29 is 4.74 Å². The van der Waals surface area contributed by atoms with Gasteiger partial charge in [-0.2, -0.15) is 0 Å². The Balaban J connectivity index is 2.50. The van der Waals surface area contributed by atoms with Crippen LogP contribution < -0.4 is 5.32 Å². The summed E-state index contributed by atoms with van der Waals surface area (Å²) in [5, 5.41) is 3.26. The van der Waals surface area contributed by atoms with E-state index in [2.05, 4.69) is 36.2 Å². The normalized spacial score (nSPS) is 10.1. The second-order valence-corrected chi connectivity index (χ2v) is 3.17. The topological polar surface area (TPSA) is 21.3 Å². The minimum Gasteiger partial charge on any atom is -0.380 e. The lowest BCUT2D eigenvalue weighted by Crippen LogP contribution is -2.12. The van der Waals surface area contributed by atoms with Crippen molar-refractivity contribution in [3.05, 3.63) is 48.0 Å². The van der Waals surface area contributed by atoms with E-state index in [1.54, 1.807) is 7.11 Å². The fourth-order valence-electron chi connectivity index (χ4n) is 1.31. The third-order valence-electron chi connectivity index (χ3n) is 1.92. The fourth-order valence-corrected chi connectivity index (χ4v) is 1.31. The molecule has 1 rings (SSSR count). The van der Waals surface area contributed by atoms with Gasteiger partial charge in [0.25, 0.3) is 0 Å². The van der Waals surface area contributed by atoms with Crippen molar-refractivity contribution in [2.75, 3.05) is 13.7 Å². The first-order chi connectivity index (χ1) is 6.86. The lowest BCUT2D eigenvalue weighted by molar-refractivity contribution is 0.185. The average Bonchev–Trinajstić information content (AvgIpc) is 2.19. The monoisotopic (exact) mass is 191 g/mol. The molecule has 2 heteroatoms. The minimum atomic E-state index is 0.676. The summed E-state index contributed by atoms with van der Waals surface area (Å²) in [4.78, 5) is 0. The maximum Gasteiger partial charge on any atom is 0.0713 e. The molecule has 0 aliphatic rings. The Kier molecular flexibility index (Phi) is 4.97. The van der Waals surface area contributed by atoms with E-state index in [9.17, 15) is 0 Å². The number of rotatable bonds is 6. The summed E-state index contributed by atoms with van der Waals surface area (Å²) in [6.07, 6.45) is 1.86. The van der Waals surface area contributed by atoms with Gasteiger partial charge >= 0.3 is 0 Å². The van der Waals surface area contributed by atoms with Crippen LogP contribution in [0.1, 0.15) is 11.1 Å². The molecule has 0 aliphatic carbocycles. The molecule has 76 valence electrons. The molecule has 0 atom stereocenters. The van der Waals surface area contributed by atoms with Gasteiger partial charge in [0, 0.05) is 20.2 Å². The second kappa shape index (κ2) is 6.35. The first kappa shape index (κ1) is 11.0. The third kappa shape index (κ3) is 3.73. The number of methoxy groups -OCH3 is 1. The van der Waals surface area contributed by atoms with Gasteiger partial charge < -0.3 is 10.1 Å². The molecular weight excluding hydrogens is 174 g/mol. The molecule has 0 radical (unpaired) electrons. The Bertz CT molecular complexity index is 283. The molecule has 2 nitrogen and oxygen atoms in total. The number of benzene rings is 1. The molecular formula is C12H17NO. The lowest BCUT2D eigenvalue weighted by atomic mass is 10.1. The third-order valence-corrected chi connectivity index (χ3v) is 1.92. The largest absolute Gasteiger partial charge is 0.380 e. The van der Waals surface area contributed by atoms with Gasteiger partial charge in [0.2, 0.25) is 0 Å². The van der Waals surface area contributed by atoms with E-state index >= 15 is 0 Å². The highest BCUT2D eigenvalue weighted by atomic mass is 16.5. The smallest absolute Gasteiger partial charge is 0.0713 e. The Morgan fingerprint density at radius 1 is 1.43 bits per heavy atom. The predicted octanol–water partition coefficient (Wildman–Crippen LogP) is 2.11. The first-order valence-corrected chi connectivity index (χ1v) is 4.75. The van der Waals surface area contributed by atoms with E-state index in [0.717, 1.165) is 13.1 Å². The van der Waals surface area contributed by atoms with E-state index in [0.29, 0.717) is 6.61 Å². The molecule has 0 heterocycles. The predicted molar refractivity (Wildman–Crippen MR) is 59.1 cm³/mol. The summed E-state index contributed by atoms with van der Waals surface area (Å²) in [5.41, 5.74) is 2.49. The van der Waals surface area contributed by atoms with E-state index < -0.39 is 0 Å². The van der Waals surface area contributed by atoms with Crippen LogP contribution in [0.15, 0.2) is 36.9 Å². The number of hydrogen-bond acceptors (Lipinski definition) is 2. The number of nitrogens with one attached hydrogen (secondary N) is 1. The van der Waals surface area contributed by atoms with Gasteiger partial charge in [-0.15, -0.1) is 6.58 Å². The van der Waals surface area contributed by atoms with Crippen LogP contribution in [-0.4, -0.2) is 13.7 Å². The van der Waals surface area contributed by atoms with Crippen molar-refractivity contribution in [2.45, 2.75) is 13.2 Å². The minimum absolute atomic E-state index is 0.676. The van der Waals surface area contributed by atoms with Crippen LogP contribution >= 0.6 is 0 Å². The van der Waals surface area contributed by atoms with Gasteiger partial charge in [0.15, 0.2) is 0 Å².